The minimum absolute atomic E-state index is 0.127. The van der Waals surface area contributed by atoms with Gasteiger partial charge in [-0.05, 0) is 80.5 Å². The predicted octanol–water partition coefficient (Wildman–Crippen LogP) is 4.54. The number of carbonyl (C=O) groups is 1. The topological polar surface area (TPSA) is 67.6 Å². The van der Waals surface area contributed by atoms with Crippen LogP contribution in [0.5, 0.6) is 5.75 Å². The summed E-state index contributed by atoms with van der Waals surface area (Å²) in [5.74, 6) is 0.761. The van der Waals surface area contributed by atoms with E-state index in [1.807, 2.05) is 36.4 Å². The third-order valence-corrected chi connectivity index (χ3v) is 6.69. The Bertz CT molecular complexity index is 1110. The normalized spacial score (nSPS) is 19.2. The zero-order chi connectivity index (χ0) is 19.4. The lowest BCUT2D eigenvalue weighted by molar-refractivity contribution is 0.102. The minimum atomic E-state index is -0.127. The SMILES string of the molecule is O=C(Nc1ccc2oc(N3CCC34CCC4)nc2c1)c1ccc2c(c1)CCCO2. The number of rotatable bonds is 3. The average molecular weight is 389 g/mol. The van der Waals surface area contributed by atoms with Crippen molar-refractivity contribution in [3.05, 3.63) is 47.5 Å². The average Bonchev–Trinajstić information content (AvgIpc) is 3.07. The number of oxazole rings is 1. The summed E-state index contributed by atoms with van der Waals surface area (Å²) in [6.45, 7) is 1.76. The fourth-order valence-corrected chi connectivity index (χ4v) is 4.76. The fraction of sp³-hybridized carbons (Fsp3) is 0.391. The number of ether oxygens (including phenoxy) is 1. The maximum atomic E-state index is 12.7. The van der Waals surface area contributed by atoms with Crippen LogP contribution in [-0.2, 0) is 6.42 Å². The third-order valence-electron chi connectivity index (χ3n) is 6.69. The van der Waals surface area contributed by atoms with E-state index in [4.69, 9.17) is 14.1 Å². The monoisotopic (exact) mass is 389 g/mol. The Kier molecular flexibility index (Phi) is 3.63. The molecule has 0 bridgehead atoms. The van der Waals surface area contributed by atoms with Gasteiger partial charge in [-0.15, -0.1) is 0 Å². The van der Waals surface area contributed by atoms with Gasteiger partial charge in [-0.25, -0.2) is 0 Å². The van der Waals surface area contributed by atoms with Crippen molar-refractivity contribution in [1.82, 2.24) is 4.98 Å². The molecule has 3 aliphatic rings. The second kappa shape index (κ2) is 6.24. The summed E-state index contributed by atoms with van der Waals surface area (Å²) in [4.78, 5) is 19.7. The number of nitrogens with zero attached hydrogens (tertiary/aromatic N) is 2. The van der Waals surface area contributed by atoms with Gasteiger partial charge in [0.2, 0.25) is 0 Å². The summed E-state index contributed by atoms with van der Waals surface area (Å²) in [5.41, 5.74) is 4.29. The van der Waals surface area contributed by atoms with Crippen LogP contribution in [0.3, 0.4) is 0 Å². The molecular formula is C23H23N3O3. The summed E-state index contributed by atoms with van der Waals surface area (Å²) >= 11 is 0. The van der Waals surface area contributed by atoms with Crippen molar-refractivity contribution in [2.45, 2.75) is 44.1 Å². The van der Waals surface area contributed by atoms with Crippen LogP contribution >= 0.6 is 0 Å². The predicted molar refractivity (Wildman–Crippen MR) is 111 cm³/mol. The summed E-state index contributed by atoms with van der Waals surface area (Å²) in [7, 11) is 0. The highest BCUT2D eigenvalue weighted by molar-refractivity contribution is 6.05. The first-order chi connectivity index (χ1) is 14.2. The molecule has 1 amide bonds. The molecule has 6 heteroatoms. The van der Waals surface area contributed by atoms with E-state index in [2.05, 4.69) is 10.2 Å². The molecule has 1 spiro atoms. The molecule has 2 aliphatic heterocycles. The van der Waals surface area contributed by atoms with Crippen LogP contribution in [0.2, 0.25) is 0 Å². The van der Waals surface area contributed by atoms with Crippen LogP contribution in [0.1, 0.15) is 48.0 Å². The molecule has 148 valence electrons. The Labute approximate surface area is 168 Å². The molecule has 3 aromatic rings. The van der Waals surface area contributed by atoms with E-state index >= 15 is 0 Å². The van der Waals surface area contributed by atoms with Crippen LogP contribution < -0.4 is 15.0 Å². The first-order valence-corrected chi connectivity index (χ1v) is 10.5. The van der Waals surface area contributed by atoms with E-state index in [0.29, 0.717) is 17.1 Å². The molecule has 2 aromatic carbocycles. The quantitative estimate of drug-likeness (QED) is 0.712. The smallest absolute Gasteiger partial charge is 0.298 e. The minimum Gasteiger partial charge on any atom is -0.493 e. The maximum Gasteiger partial charge on any atom is 0.298 e. The zero-order valence-corrected chi connectivity index (χ0v) is 16.2. The molecule has 2 fully saturated rings. The molecule has 0 radical (unpaired) electrons. The van der Waals surface area contributed by atoms with E-state index in [-0.39, 0.29) is 5.91 Å². The molecule has 1 saturated carbocycles. The highest BCUT2D eigenvalue weighted by Gasteiger charge is 2.50. The van der Waals surface area contributed by atoms with Gasteiger partial charge in [-0.3, -0.25) is 4.79 Å². The molecule has 29 heavy (non-hydrogen) atoms. The highest BCUT2D eigenvalue weighted by Crippen LogP contribution is 2.49. The Morgan fingerprint density at radius 1 is 1.10 bits per heavy atom. The van der Waals surface area contributed by atoms with Crippen LogP contribution in [0, 0.1) is 0 Å². The number of carbonyl (C=O) groups excluding carboxylic acids is 1. The number of nitrogens with one attached hydrogen (secondary N) is 1. The Hall–Kier alpha value is -3.02. The Morgan fingerprint density at radius 2 is 2.03 bits per heavy atom. The third kappa shape index (κ3) is 2.69. The standard InChI is InChI=1S/C23H23N3O3/c27-21(16-4-6-19-15(13-16)3-1-12-28-19)24-17-5-7-20-18(14-17)25-22(29-20)26-11-10-23(26)8-2-9-23/h4-7,13-14H,1-3,8-12H2,(H,24,27). The van der Waals surface area contributed by atoms with E-state index in [9.17, 15) is 4.79 Å². The lowest BCUT2D eigenvalue weighted by atomic mass is 9.68. The number of amides is 1. The summed E-state index contributed by atoms with van der Waals surface area (Å²) < 4.78 is 11.6. The summed E-state index contributed by atoms with van der Waals surface area (Å²) in [6, 6.07) is 12.0. The lowest BCUT2D eigenvalue weighted by Gasteiger charge is -2.57. The molecule has 1 N–H and O–H groups in total. The molecule has 0 unspecified atom stereocenters. The maximum absolute atomic E-state index is 12.7. The number of hydrogen-bond donors (Lipinski definition) is 1. The van der Waals surface area contributed by atoms with Crippen molar-refractivity contribution >= 4 is 28.7 Å². The van der Waals surface area contributed by atoms with Gasteiger partial charge in [0.15, 0.2) is 5.58 Å². The van der Waals surface area contributed by atoms with E-state index in [0.717, 1.165) is 54.1 Å². The van der Waals surface area contributed by atoms with Crippen molar-refractivity contribution in [2.75, 3.05) is 23.4 Å². The number of fused-ring (bicyclic) bond motifs is 2. The van der Waals surface area contributed by atoms with Crippen molar-refractivity contribution in [1.29, 1.82) is 0 Å². The largest absolute Gasteiger partial charge is 0.493 e. The Morgan fingerprint density at radius 3 is 2.83 bits per heavy atom. The molecule has 1 aromatic heterocycles. The number of aromatic nitrogens is 1. The second-order valence-corrected chi connectivity index (χ2v) is 8.39. The highest BCUT2D eigenvalue weighted by atomic mass is 16.5. The van der Waals surface area contributed by atoms with Crippen molar-refractivity contribution in [3.63, 3.8) is 0 Å². The van der Waals surface area contributed by atoms with Gasteiger partial charge in [0.05, 0.1) is 6.61 Å². The first-order valence-electron chi connectivity index (χ1n) is 10.5. The number of hydrogen-bond acceptors (Lipinski definition) is 5. The molecule has 6 rings (SSSR count). The second-order valence-electron chi connectivity index (χ2n) is 8.39. The van der Waals surface area contributed by atoms with E-state index < -0.39 is 0 Å². The fourth-order valence-electron chi connectivity index (χ4n) is 4.76. The summed E-state index contributed by atoms with van der Waals surface area (Å²) in [5, 5.41) is 2.99. The Balaban J connectivity index is 1.23. The molecule has 6 nitrogen and oxygen atoms in total. The number of anilines is 2. The van der Waals surface area contributed by atoms with Gasteiger partial charge in [0, 0.05) is 23.3 Å². The molecule has 3 heterocycles. The van der Waals surface area contributed by atoms with Gasteiger partial charge in [0.25, 0.3) is 11.9 Å². The first kappa shape index (κ1) is 16.9. The summed E-state index contributed by atoms with van der Waals surface area (Å²) in [6.07, 6.45) is 6.93. The molecule has 0 atom stereocenters. The van der Waals surface area contributed by atoms with Crippen molar-refractivity contribution in [3.8, 4) is 5.75 Å². The molecule has 1 saturated heterocycles. The van der Waals surface area contributed by atoms with Gasteiger partial charge >= 0.3 is 0 Å². The van der Waals surface area contributed by atoms with Gasteiger partial charge < -0.3 is 19.4 Å². The van der Waals surface area contributed by atoms with Crippen LogP contribution in [0.4, 0.5) is 11.7 Å². The van der Waals surface area contributed by atoms with Gasteiger partial charge in [-0.1, -0.05) is 0 Å². The van der Waals surface area contributed by atoms with E-state index in [1.165, 1.54) is 25.7 Å². The van der Waals surface area contributed by atoms with Crippen molar-refractivity contribution in [2.24, 2.45) is 0 Å². The van der Waals surface area contributed by atoms with Gasteiger partial charge in [0.1, 0.15) is 11.3 Å². The van der Waals surface area contributed by atoms with Crippen LogP contribution in [0.25, 0.3) is 11.1 Å². The zero-order valence-electron chi connectivity index (χ0n) is 16.2. The van der Waals surface area contributed by atoms with Gasteiger partial charge in [-0.2, -0.15) is 4.98 Å². The molecular weight excluding hydrogens is 366 g/mol. The van der Waals surface area contributed by atoms with Crippen molar-refractivity contribution < 1.29 is 13.9 Å². The van der Waals surface area contributed by atoms with Crippen LogP contribution in [0.15, 0.2) is 40.8 Å². The number of benzene rings is 2. The van der Waals surface area contributed by atoms with Crippen LogP contribution in [-0.4, -0.2) is 29.6 Å². The molecule has 1 aliphatic carbocycles. The number of aryl methyl sites for hydroxylation is 1. The van der Waals surface area contributed by atoms with E-state index in [1.54, 1.807) is 0 Å². The lowest BCUT2D eigenvalue weighted by Crippen LogP contribution is -2.64.